The minimum Gasteiger partial charge on any atom is -0.478 e. The van der Waals surface area contributed by atoms with Crippen LogP contribution < -0.4 is 5.32 Å². The summed E-state index contributed by atoms with van der Waals surface area (Å²) in [5.41, 5.74) is 1.51. The van der Waals surface area contributed by atoms with E-state index in [0.717, 1.165) is 18.7 Å². The van der Waals surface area contributed by atoms with Crippen molar-refractivity contribution >= 4 is 11.8 Å². The van der Waals surface area contributed by atoms with E-state index in [0.29, 0.717) is 16.8 Å². The largest absolute Gasteiger partial charge is 0.478 e. The van der Waals surface area contributed by atoms with Crippen molar-refractivity contribution in [1.82, 2.24) is 4.98 Å². The molecule has 20 heavy (non-hydrogen) atoms. The molecule has 0 radical (unpaired) electrons. The molecule has 2 N–H and O–H groups in total. The lowest BCUT2D eigenvalue weighted by molar-refractivity contribution is 0.0696. The Labute approximate surface area is 120 Å². The zero-order valence-corrected chi connectivity index (χ0v) is 12.4. The SMILES string of the molecule is CCc1cc(C(=O)O)cc(NCC2(CC)CCCC2)n1. The van der Waals surface area contributed by atoms with Gasteiger partial charge in [-0.1, -0.05) is 26.7 Å². The van der Waals surface area contributed by atoms with Crippen molar-refractivity contribution in [2.24, 2.45) is 5.41 Å². The molecular formula is C16H24N2O2. The quantitative estimate of drug-likeness (QED) is 0.831. The Morgan fingerprint density at radius 2 is 2.05 bits per heavy atom. The molecule has 110 valence electrons. The van der Waals surface area contributed by atoms with Gasteiger partial charge in [0.1, 0.15) is 5.82 Å². The number of aromatic nitrogens is 1. The van der Waals surface area contributed by atoms with Crippen LogP contribution in [-0.4, -0.2) is 22.6 Å². The highest BCUT2D eigenvalue weighted by Crippen LogP contribution is 2.40. The summed E-state index contributed by atoms with van der Waals surface area (Å²) >= 11 is 0. The molecule has 0 amide bonds. The maximum atomic E-state index is 11.1. The molecule has 4 nitrogen and oxygen atoms in total. The summed E-state index contributed by atoms with van der Waals surface area (Å²) in [5, 5.41) is 12.5. The van der Waals surface area contributed by atoms with Gasteiger partial charge in [0.2, 0.25) is 0 Å². The third kappa shape index (κ3) is 3.30. The summed E-state index contributed by atoms with van der Waals surface area (Å²) in [4.78, 5) is 15.6. The molecule has 0 bridgehead atoms. The minimum absolute atomic E-state index is 0.316. The molecule has 0 unspecified atom stereocenters. The molecule has 1 saturated carbocycles. The monoisotopic (exact) mass is 276 g/mol. The summed E-state index contributed by atoms with van der Waals surface area (Å²) in [6.45, 7) is 5.12. The minimum atomic E-state index is -0.892. The normalized spacial score (nSPS) is 17.1. The van der Waals surface area contributed by atoms with Crippen LogP contribution in [0.4, 0.5) is 5.82 Å². The number of anilines is 1. The molecule has 1 aliphatic rings. The van der Waals surface area contributed by atoms with E-state index in [4.69, 9.17) is 5.11 Å². The molecule has 0 atom stereocenters. The number of nitrogens with zero attached hydrogens (tertiary/aromatic N) is 1. The van der Waals surface area contributed by atoms with Gasteiger partial charge in [0.05, 0.1) is 5.56 Å². The highest BCUT2D eigenvalue weighted by atomic mass is 16.4. The number of hydrogen-bond donors (Lipinski definition) is 2. The summed E-state index contributed by atoms with van der Waals surface area (Å²) in [7, 11) is 0. The molecule has 0 aliphatic heterocycles. The molecule has 4 heteroatoms. The van der Waals surface area contributed by atoms with Crippen molar-refractivity contribution in [1.29, 1.82) is 0 Å². The lowest BCUT2D eigenvalue weighted by Gasteiger charge is -2.28. The molecule has 0 aromatic carbocycles. The van der Waals surface area contributed by atoms with Crippen molar-refractivity contribution in [3.05, 3.63) is 23.4 Å². The molecule has 0 spiro atoms. The van der Waals surface area contributed by atoms with Crippen molar-refractivity contribution in [2.45, 2.75) is 52.4 Å². The highest BCUT2D eigenvalue weighted by Gasteiger charge is 2.31. The van der Waals surface area contributed by atoms with Gasteiger partial charge >= 0.3 is 5.97 Å². The Morgan fingerprint density at radius 3 is 2.60 bits per heavy atom. The van der Waals surface area contributed by atoms with Crippen LogP contribution in [0.5, 0.6) is 0 Å². The summed E-state index contributed by atoms with van der Waals surface area (Å²) in [6, 6.07) is 3.29. The van der Waals surface area contributed by atoms with Gasteiger partial charge in [0, 0.05) is 12.2 Å². The Kier molecular flexibility index (Phi) is 4.63. The first-order chi connectivity index (χ1) is 9.58. The van der Waals surface area contributed by atoms with Crippen LogP contribution >= 0.6 is 0 Å². The molecule has 1 aliphatic carbocycles. The van der Waals surface area contributed by atoms with E-state index in [-0.39, 0.29) is 0 Å². The zero-order valence-electron chi connectivity index (χ0n) is 12.4. The van der Waals surface area contributed by atoms with Gasteiger partial charge in [-0.2, -0.15) is 0 Å². The van der Waals surface area contributed by atoms with E-state index in [2.05, 4.69) is 17.2 Å². The number of nitrogens with one attached hydrogen (secondary N) is 1. The maximum Gasteiger partial charge on any atom is 0.335 e. The van der Waals surface area contributed by atoms with Crippen molar-refractivity contribution < 1.29 is 9.90 Å². The van der Waals surface area contributed by atoms with Gasteiger partial charge in [0.15, 0.2) is 0 Å². The Hall–Kier alpha value is -1.58. The summed E-state index contributed by atoms with van der Waals surface area (Å²) < 4.78 is 0. The second-order valence-electron chi connectivity index (χ2n) is 5.81. The maximum absolute atomic E-state index is 11.1. The van der Waals surface area contributed by atoms with Gasteiger partial charge < -0.3 is 10.4 Å². The molecule has 2 rings (SSSR count). The van der Waals surface area contributed by atoms with E-state index in [1.807, 2.05) is 6.92 Å². The Morgan fingerprint density at radius 1 is 1.35 bits per heavy atom. The van der Waals surface area contributed by atoms with Gasteiger partial charge in [-0.15, -0.1) is 0 Å². The van der Waals surface area contributed by atoms with Crippen LogP contribution in [0.3, 0.4) is 0 Å². The average molecular weight is 276 g/mol. The van der Waals surface area contributed by atoms with Crippen LogP contribution in [0.2, 0.25) is 0 Å². The standard InChI is InChI=1S/C16H24N2O2/c1-3-13-9-12(15(19)20)10-14(18-13)17-11-16(4-2)7-5-6-8-16/h9-10H,3-8,11H2,1-2H3,(H,17,18)(H,19,20). The number of hydrogen-bond acceptors (Lipinski definition) is 3. The third-order valence-electron chi connectivity index (χ3n) is 4.55. The first kappa shape index (κ1) is 14.8. The fourth-order valence-corrected chi connectivity index (χ4v) is 3.04. The molecule has 1 aromatic rings. The second-order valence-corrected chi connectivity index (χ2v) is 5.81. The number of aromatic carboxylic acids is 1. The topological polar surface area (TPSA) is 62.2 Å². The first-order valence-electron chi connectivity index (χ1n) is 7.57. The van der Waals surface area contributed by atoms with Crippen molar-refractivity contribution in [2.75, 3.05) is 11.9 Å². The zero-order chi connectivity index (χ0) is 14.6. The Bertz CT molecular complexity index is 479. The lowest BCUT2D eigenvalue weighted by atomic mass is 9.83. The fourth-order valence-electron chi connectivity index (χ4n) is 3.04. The molecule has 1 fully saturated rings. The predicted octanol–water partition coefficient (Wildman–Crippen LogP) is 3.72. The van der Waals surface area contributed by atoms with Crippen molar-refractivity contribution in [3.8, 4) is 0 Å². The summed E-state index contributed by atoms with van der Waals surface area (Å²) in [5.74, 6) is -0.197. The fraction of sp³-hybridized carbons (Fsp3) is 0.625. The first-order valence-corrected chi connectivity index (χ1v) is 7.57. The Balaban J connectivity index is 2.12. The van der Waals surface area contributed by atoms with Gasteiger partial charge in [0.25, 0.3) is 0 Å². The number of carboxylic acids is 1. The van der Waals surface area contributed by atoms with Gasteiger partial charge in [-0.25, -0.2) is 9.78 Å². The molecular weight excluding hydrogens is 252 g/mol. The molecule has 1 aromatic heterocycles. The highest BCUT2D eigenvalue weighted by molar-refractivity contribution is 5.88. The van der Waals surface area contributed by atoms with E-state index < -0.39 is 5.97 Å². The smallest absolute Gasteiger partial charge is 0.335 e. The average Bonchev–Trinajstić information content (AvgIpc) is 2.94. The van der Waals surface area contributed by atoms with Crippen LogP contribution in [0.15, 0.2) is 12.1 Å². The van der Waals surface area contributed by atoms with Crippen LogP contribution in [0.25, 0.3) is 0 Å². The number of carbonyl (C=O) groups is 1. The van der Waals surface area contributed by atoms with Gasteiger partial charge in [-0.05, 0) is 43.2 Å². The van der Waals surface area contributed by atoms with E-state index >= 15 is 0 Å². The van der Waals surface area contributed by atoms with Crippen LogP contribution in [0.1, 0.15) is 62.0 Å². The number of rotatable bonds is 6. The van der Waals surface area contributed by atoms with E-state index in [1.165, 1.54) is 32.1 Å². The lowest BCUT2D eigenvalue weighted by Crippen LogP contribution is -2.26. The van der Waals surface area contributed by atoms with Crippen molar-refractivity contribution in [3.63, 3.8) is 0 Å². The van der Waals surface area contributed by atoms with Crippen LogP contribution in [0, 0.1) is 5.41 Å². The van der Waals surface area contributed by atoms with Crippen LogP contribution in [-0.2, 0) is 6.42 Å². The summed E-state index contributed by atoms with van der Waals surface area (Å²) in [6.07, 6.45) is 7.04. The van der Waals surface area contributed by atoms with E-state index in [1.54, 1.807) is 12.1 Å². The molecule has 1 heterocycles. The number of aryl methyl sites for hydroxylation is 1. The number of pyridine rings is 1. The second kappa shape index (κ2) is 6.25. The van der Waals surface area contributed by atoms with E-state index in [9.17, 15) is 4.79 Å². The third-order valence-corrected chi connectivity index (χ3v) is 4.55. The van der Waals surface area contributed by atoms with Gasteiger partial charge in [-0.3, -0.25) is 0 Å². The number of carboxylic acid groups (broad SMARTS) is 1. The predicted molar refractivity (Wildman–Crippen MR) is 80.3 cm³/mol. The molecule has 0 saturated heterocycles.